The molecule has 0 unspecified atom stereocenters. The van der Waals surface area contributed by atoms with Crippen LogP contribution in [0.5, 0.6) is 0 Å². The highest BCUT2D eigenvalue weighted by molar-refractivity contribution is 5.38. The van der Waals surface area contributed by atoms with E-state index in [2.05, 4.69) is 19.9 Å². The van der Waals surface area contributed by atoms with E-state index in [0.29, 0.717) is 12.6 Å². The molecular formula is C16H18F3N5O. The summed E-state index contributed by atoms with van der Waals surface area (Å²) in [6.07, 6.45) is -0.415. The van der Waals surface area contributed by atoms with Crippen molar-refractivity contribution in [2.24, 2.45) is 5.92 Å². The molecule has 2 aromatic heterocycles. The maximum atomic E-state index is 12.6. The van der Waals surface area contributed by atoms with Gasteiger partial charge in [0.1, 0.15) is 12.1 Å². The van der Waals surface area contributed by atoms with Crippen molar-refractivity contribution >= 4 is 5.82 Å². The quantitative estimate of drug-likeness (QED) is 0.847. The van der Waals surface area contributed by atoms with Gasteiger partial charge >= 0.3 is 6.18 Å². The van der Waals surface area contributed by atoms with Gasteiger partial charge < -0.3 is 4.90 Å². The van der Waals surface area contributed by atoms with Crippen molar-refractivity contribution in [2.75, 3.05) is 18.0 Å². The number of piperidine rings is 1. The van der Waals surface area contributed by atoms with E-state index < -0.39 is 17.4 Å². The zero-order valence-corrected chi connectivity index (χ0v) is 13.7. The van der Waals surface area contributed by atoms with Crippen LogP contribution in [0.1, 0.15) is 24.2 Å². The van der Waals surface area contributed by atoms with Gasteiger partial charge in [0.05, 0.1) is 6.33 Å². The van der Waals surface area contributed by atoms with Crippen LogP contribution in [0.25, 0.3) is 0 Å². The van der Waals surface area contributed by atoms with E-state index in [4.69, 9.17) is 0 Å². The fraction of sp³-hybridized carbons (Fsp3) is 0.500. The molecule has 0 atom stereocenters. The van der Waals surface area contributed by atoms with Crippen LogP contribution in [-0.2, 0) is 12.7 Å². The number of anilines is 1. The van der Waals surface area contributed by atoms with Crippen molar-refractivity contribution in [3.05, 3.63) is 46.5 Å². The van der Waals surface area contributed by atoms with E-state index in [1.165, 1.54) is 10.9 Å². The Bertz CT molecular complexity index is 797. The first-order valence-corrected chi connectivity index (χ1v) is 8.00. The van der Waals surface area contributed by atoms with Crippen LogP contribution in [0.2, 0.25) is 0 Å². The van der Waals surface area contributed by atoms with E-state index in [0.717, 1.165) is 43.8 Å². The van der Waals surface area contributed by atoms with E-state index in [1.54, 1.807) is 0 Å². The third-order valence-corrected chi connectivity index (χ3v) is 4.35. The Labute approximate surface area is 142 Å². The molecule has 0 radical (unpaired) electrons. The van der Waals surface area contributed by atoms with Crippen LogP contribution in [0, 0.1) is 12.8 Å². The molecule has 9 heteroatoms. The van der Waals surface area contributed by atoms with Crippen LogP contribution in [0.3, 0.4) is 0 Å². The molecule has 2 aromatic rings. The Kier molecular flexibility index (Phi) is 4.73. The van der Waals surface area contributed by atoms with Gasteiger partial charge in [-0.3, -0.25) is 9.36 Å². The molecular weight excluding hydrogens is 335 g/mol. The van der Waals surface area contributed by atoms with Gasteiger partial charge in [0, 0.05) is 37.5 Å². The van der Waals surface area contributed by atoms with Gasteiger partial charge in [-0.05, 0) is 25.7 Å². The maximum absolute atomic E-state index is 12.6. The monoisotopic (exact) mass is 353 g/mol. The lowest BCUT2D eigenvalue weighted by molar-refractivity contribution is -0.141. The van der Waals surface area contributed by atoms with Gasteiger partial charge in [-0.25, -0.2) is 15.0 Å². The first-order chi connectivity index (χ1) is 11.8. The molecule has 0 aliphatic carbocycles. The third kappa shape index (κ3) is 4.15. The number of aromatic nitrogens is 4. The molecule has 0 saturated carbocycles. The zero-order valence-electron chi connectivity index (χ0n) is 13.7. The van der Waals surface area contributed by atoms with Gasteiger partial charge in [0.2, 0.25) is 0 Å². The number of alkyl halides is 3. The molecule has 3 heterocycles. The number of hydrogen-bond donors (Lipinski definition) is 0. The molecule has 0 bridgehead atoms. The molecule has 0 aromatic carbocycles. The summed E-state index contributed by atoms with van der Waals surface area (Å²) in [6.45, 7) is 3.84. The predicted molar refractivity (Wildman–Crippen MR) is 85.2 cm³/mol. The fourth-order valence-electron chi connectivity index (χ4n) is 2.95. The van der Waals surface area contributed by atoms with Crippen LogP contribution in [-0.4, -0.2) is 32.6 Å². The summed E-state index contributed by atoms with van der Waals surface area (Å²) in [5.74, 6) is 1.09. The maximum Gasteiger partial charge on any atom is 0.433 e. The molecule has 1 saturated heterocycles. The second kappa shape index (κ2) is 6.81. The van der Waals surface area contributed by atoms with Gasteiger partial charge in [-0.2, -0.15) is 13.2 Å². The second-order valence-electron chi connectivity index (χ2n) is 6.21. The van der Waals surface area contributed by atoms with Crippen molar-refractivity contribution in [3.63, 3.8) is 0 Å². The largest absolute Gasteiger partial charge is 0.433 e. The highest BCUT2D eigenvalue weighted by Gasteiger charge is 2.33. The predicted octanol–water partition coefficient (Wildman–Crippen LogP) is 2.28. The number of hydrogen-bond acceptors (Lipinski definition) is 5. The van der Waals surface area contributed by atoms with Crippen molar-refractivity contribution < 1.29 is 13.2 Å². The topological polar surface area (TPSA) is 63.9 Å². The Balaban J connectivity index is 1.62. The summed E-state index contributed by atoms with van der Waals surface area (Å²) in [7, 11) is 0. The molecule has 0 spiro atoms. The van der Waals surface area contributed by atoms with Crippen LogP contribution >= 0.6 is 0 Å². The summed E-state index contributed by atoms with van der Waals surface area (Å²) in [4.78, 5) is 25.7. The average Bonchev–Trinajstić information content (AvgIpc) is 2.56. The minimum absolute atomic E-state index is 0.218. The number of halogens is 3. The number of nitrogens with zero attached hydrogens (tertiary/aromatic N) is 5. The molecule has 25 heavy (non-hydrogen) atoms. The second-order valence-corrected chi connectivity index (χ2v) is 6.21. The Morgan fingerprint density at radius 3 is 2.48 bits per heavy atom. The highest BCUT2D eigenvalue weighted by atomic mass is 19.4. The van der Waals surface area contributed by atoms with Crippen LogP contribution in [0.15, 0.2) is 29.6 Å². The minimum atomic E-state index is -4.60. The van der Waals surface area contributed by atoms with Crippen LogP contribution < -0.4 is 10.5 Å². The molecule has 1 aliphatic heterocycles. The first kappa shape index (κ1) is 17.4. The zero-order chi connectivity index (χ0) is 18.0. The van der Waals surface area contributed by atoms with Crippen LogP contribution in [0.4, 0.5) is 19.0 Å². The van der Waals surface area contributed by atoms with Gasteiger partial charge in [0.25, 0.3) is 5.56 Å². The summed E-state index contributed by atoms with van der Waals surface area (Å²) in [5.41, 5.74) is -0.923. The molecule has 1 aliphatic rings. The standard InChI is InChI=1S/C16H18F3N5O/c1-11-6-14(21-9-20-11)23-4-2-12(3-5-23)8-24-10-22-13(7-15(24)25)16(17,18)19/h6-7,9-10,12H,2-5,8H2,1H3. The van der Waals surface area contributed by atoms with E-state index in [-0.39, 0.29) is 5.92 Å². The molecule has 3 rings (SSSR count). The Morgan fingerprint density at radius 1 is 1.16 bits per heavy atom. The average molecular weight is 353 g/mol. The Morgan fingerprint density at radius 2 is 1.88 bits per heavy atom. The van der Waals surface area contributed by atoms with E-state index in [1.807, 2.05) is 13.0 Å². The molecule has 0 N–H and O–H groups in total. The lowest BCUT2D eigenvalue weighted by Crippen LogP contribution is -2.37. The first-order valence-electron chi connectivity index (χ1n) is 8.00. The van der Waals surface area contributed by atoms with E-state index in [9.17, 15) is 18.0 Å². The van der Waals surface area contributed by atoms with Crippen molar-refractivity contribution in [1.82, 2.24) is 19.5 Å². The summed E-state index contributed by atoms with van der Waals surface area (Å²) < 4.78 is 38.9. The van der Waals surface area contributed by atoms with Gasteiger partial charge in [-0.15, -0.1) is 0 Å². The number of rotatable bonds is 3. The highest BCUT2D eigenvalue weighted by Crippen LogP contribution is 2.26. The van der Waals surface area contributed by atoms with Gasteiger partial charge in [-0.1, -0.05) is 0 Å². The van der Waals surface area contributed by atoms with Crippen molar-refractivity contribution in [2.45, 2.75) is 32.5 Å². The lowest BCUT2D eigenvalue weighted by atomic mass is 9.96. The summed E-state index contributed by atoms with van der Waals surface area (Å²) in [6, 6.07) is 2.48. The molecule has 1 fully saturated rings. The number of aryl methyl sites for hydroxylation is 1. The Hall–Kier alpha value is -2.45. The smallest absolute Gasteiger partial charge is 0.356 e. The molecule has 0 amide bonds. The fourth-order valence-corrected chi connectivity index (χ4v) is 2.95. The minimum Gasteiger partial charge on any atom is -0.356 e. The molecule has 134 valence electrons. The van der Waals surface area contributed by atoms with Crippen molar-refractivity contribution in [3.8, 4) is 0 Å². The third-order valence-electron chi connectivity index (χ3n) is 4.35. The van der Waals surface area contributed by atoms with E-state index >= 15 is 0 Å². The molecule has 6 nitrogen and oxygen atoms in total. The SMILES string of the molecule is Cc1cc(N2CCC(Cn3cnc(C(F)(F)F)cc3=O)CC2)ncn1. The summed E-state index contributed by atoms with van der Waals surface area (Å²) >= 11 is 0. The summed E-state index contributed by atoms with van der Waals surface area (Å²) in [5, 5.41) is 0. The van der Waals surface area contributed by atoms with Crippen molar-refractivity contribution in [1.29, 1.82) is 0 Å². The van der Waals surface area contributed by atoms with Gasteiger partial charge in [0.15, 0.2) is 5.69 Å². The normalized spacial score (nSPS) is 16.2. The lowest BCUT2D eigenvalue weighted by Gasteiger charge is -2.33.